The Labute approximate surface area is 120 Å². The van der Waals surface area contributed by atoms with Crippen LogP contribution in [-0.2, 0) is 4.74 Å². The van der Waals surface area contributed by atoms with E-state index in [9.17, 15) is 4.79 Å². The first kappa shape index (κ1) is 14.1. The van der Waals surface area contributed by atoms with Gasteiger partial charge < -0.3 is 19.5 Å². The van der Waals surface area contributed by atoms with Gasteiger partial charge >= 0.3 is 0 Å². The van der Waals surface area contributed by atoms with Crippen LogP contribution in [0.15, 0.2) is 18.2 Å². The summed E-state index contributed by atoms with van der Waals surface area (Å²) < 4.78 is 15.9. The molecule has 0 saturated carbocycles. The second-order valence-electron chi connectivity index (χ2n) is 4.09. The van der Waals surface area contributed by atoms with Crippen LogP contribution < -0.4 is 14.8 Å². The van der Waals surface area contributed by atoms with Crippen molar-refractivity contribution in [1.82, 2.24) is 5.32 Å². The number of rotatable bonds is 5. The lowest BCUT2D eigenvalue weighted by Crippen LogP contribution is -2.32. The van der Waals surface area contributed by atoms with Crippen molar-refractivity contribution in [3.8, 4) is 11.5 Å². The van der Waals surface area contributed by atoms with E-state index < -0.39 is 0 Å². The molecule has 0 aromatic heterocycles. The highest BCUT2D eigenvalue weighted by Gasteiger charge is 2.20. The van der Waals surface area contributed by atoms with Crippen molar-refractivity contribution in [1.29, 1.82) is 0 Å². The molecule has 2 rings (SSSR count). The molecule has 1 aromatic carbocycles. The van der Waals surface area contributed by atoms with Gasteiger partial charge in [0, 0.05) is 13.7 Å². The van der Waals surface area contributed by atoms with Crippen molar-refractivity contribution in [2.24, 2.45) is 0 Å². The van der Waals surface area contributed by atoms with Gasteiger partial charge in [-0.05, 0) is 12.1 Å². The van der Waals surface area contributed by atoms with Crippen molar-refractivity contribution in [3.05, 3.63) is 23.8 Å². The topological polar surface area (TPSA) is 56.8 Å². The number of benzene rings is 1. The summed E-state index contributed by atoms with van der Waals surface area (Å²) in [5, 5.41) is 2.83. The number of amides is 1. The fraction of sp³-hybridized carbons (Fsp3) is 0.462. The predicted molar refractivity (Wildman–Crippen MR) is 74.4 cm³/mol. The van der Waals surface area contributed by atoms with E-state index in [-0.39, 0.29) is 10.7 Å². The van der Waals surface area contributed by atoms with Crippen LogP contribution in [0, 0.1) is 0 Å². The van der Waals surface area contributed by atoms with Gasteiger partial charge in [-0.15, -0.1) is 0 Å². The van der Waals surface area contributed by atoms with Crippen LogP contribution in [0.4, 0.5) is 0 Å². The standard InChI is InChI=1S/C13H16BrNO4/c1-17-8-9(14)7-15-13(16)10-3-2-4-11-12(10)19-6-5-18-11/h2-4,9H,5-8H2,1H3,(H,15,16). The minimum atomic E-state index is -0.178. The molecule has 1 atom stereocenters. The zero-order valence-corrected chi connectivity index (χ0v) is 12.2. The largest absolute Gasteiger partial charge is 0.486 e. The number of ether oxygens (including phenoxy) is 3. The molecule has 0 fully saturated rings. The molecule has 6 heteroatoms. The second kappa shape index (κ2) is 6.77. The van der Waals surface area contributed by atoms with Crippen LogP contribution >= 0.6 is 15.9 Å². The van der Waals surface area contributed by atoms with Crippen LogP contribution in [-0.4, -0.2) is 44.2 Å². The number of carbonyl (C=O) groups is 1. The van der Waals surface area contributed by atoms with E-state index >= 15 is 0 Å². The Morgan fingerprint density at radius 2 is 2.26 bits per heavy atom. The van der Waals surface area contributed by atoms with Crippen LogP contribution in [0.3, 0.4) is 0 Å². The van der Waals surface area contributed by atoms with Gasteiger partial charge in [0.15, 0.2) is 11.5 Å². The molecule has 0 bridgehead atoms. The average molecular weight is 330 g/mol. The number of methoxy groups -OCH3 is 1. The molecule has 1 aromatic rings. The SMILES string of the molecule is COCC(Br)CNC(=O)c1cccc2c1OCCO2. The van der Waals surface area contributed by atoms with E-state index in [1.54, 1.807) is 25.3 Å². The lowest BCUT2D eigenvalue weighted by molar-refractivity contribution is 0.0939. The van der Waals surface area contributed by atoms with Crippen molar-refractivity contribution >= 4 is 21.8 Å². The first-order valence-corrected chi connectivity index (χ1v) is 6.93. The number of para-hydroxylation sites is 1. The summed E-state index contributed by atoms with van der Waals surface area (Å²) in [5.74, 6) is 0.957. The number of fused-ring (bicyclic) bond motifs is 1. The summed E-state index contributed by atoms with van der Waals surface area (Å²) in [7, 11) is 1.62. The Hall–Kier alpha value is -1.27. The molecule has 104 valence electrons. The van der Waals surface area contributed by atoms with E-state index in [0.717, 1.165) is 0 Å². The maximum Gasteiger partial charge on any atom is 0.255 e. The summed E-state index contributed by atoms with van der Waals surface area (Å²) in [4.78, 5) is 12.2. The number of halogens is 1. The quantitative estimate of drug-likeness (QED) is 0.833. The molecule has 0 saturated heterocycles. The van der Waals surface area contributed by atoms with Gasteiger partial charge in [-0.1, -0.05) is 22.0 Å². The summed E-state index contributed by atoms with van der Waals surface area (Å²) in [6.45, 7) is 1.99. The minimum Gasteiger partial charge on any atom is -0.486 e. The summed E-state index contributed by atoms with van der Waals surface area (Å²) in [6.07, 6.45) is 0. The van der Waals surface area contributed by atoms with Crippen molar-refractivity contribution in [3.63, 3.8) is 0 Å². The van der Waals surface area contributed by atoms with Crippen LogP contribution in [0.25, 0.3) is 0 Å². The van der Waals surface area contributed by atoms with Crippen molar-refractivity contribution < 1.29 is 19.0 Å². The molecule has 0 aliphatic carbocycles. The number of hydrogen-bond acceptors (Lipinski definition) is 4. The van der Waals surface area contributed by atoms with Gasteiger partial charge in [0.05, 0.1) is 17.0 Å². The van der Waals surface area contributed by atoms with Gasteiger partial charge in [-0.2, -0.15) is 0 Å². The summed E-state index contributed by atoms with van der Waals surface area (Å²) in [5.41, 5.74) is 0.495. The molecule has 1 aliphatic rings. The van der Waals surface area contributed by atoms with E-state index in [4.69, 9.17) is 14.2 Å². The lowest BCUT2D eigenvalue weighted by Gasteiger charge is -2.20. The highest BCUT2D eigenvalue weighted by molar-refractivity contribution is 9.09. The van der Waals surface area contributed by atoms with E-state index in [1.807, 2.05) is 0 Å². The molecule has 1 aliphatic heterocycles. The third-order valence-electron chi connectivity index (χ3n) is 2.64. The summed E-state index contributed by atoms with van der Waals surface area (Å²) >= 11 is 3.42. The number of carbonyl (C=O) groups excluding carboxylic acids is 1. The van der Waals surface area contributed by atoms with E-state index in [2.05, 4.69) is 21.2 Å². The molecular formula is C13H16BrNO4. The van der Waals surface area contributed by atoms with Crippen molar-refractivity contribution in [2.45, 2.75) is 4.83 Å². The first-order valence-electron chi connectivity index (χ1n) is 6.02. The highest BCUT2D eigenvalue weighted by Crippen LogP contribution is 2.33. The molecule has 0 radical (unpaired) electrons. The Kier molecular flexibility index (Phi) is 5.04. The minimum absolute atomic E-state index is 0.0816. The van der Waals surface area contributed by atoms with Gasteiger partial charge in [0.25, 0.3) is 5.91 Å². The second-order valence-corrected chi connectivity index (χ2v) is 5.39. The van der Waals surface area contributed by atoms with Gasteiger partial charge in [0.2, 0.25) is 0 Å². The van der Waals surface area contributed by atoms with E-state index in [1.165, 1.54) is 0 Å². The smallest absolute Gasteiger partial charge is 0.255 e. The maximum atomic E-state index is 12.1. The van der Waals surface area contributed by atoms with Crippen LogP contribution in [0.2, 0.25) is 0 Å². The normalized spacial score (nSPS) is 14.8. The molecule has 1 amide bonds. The third-order valence-corrected chi connectivity index (χ3v) is 3.23. The van der Waals surface area contributed by atoms with E-state index in [0.29, 0.717) is 43.4 Å². The number of hydrogen-bond donors (Lipinski definition) is 1. The zero-order valence-electron chi connectivity index (χ0n) is 10.6. The molecular weight excluding hydrogens is 314 g/mol. The monoisotopic (exact) mass is 329 g/mol. The highest BCUT2D eigenvalue weighted by atomic mass is 79.9. The Bertz CT molecular complexity index is 452. The van der Waals surface area contributed by atoms with Gasteiger partial charge in [-0.25, -0.2) is 0 Å². The van der Waals surface area contributed by atoms with Crippen LogP contribution in [0.1, 0.15) is 10.4 Å². The molecule has 5 nitrogen and oxygen atoms in total. The maximum absolute atomic E-state index is 12.1. The fourth-order valence-electron chi connectivity index (χ4n) is 1.79. The Balaban J connectivity index is 2.03. The molecule has 1 N–H and O–H groups in total. The zero-order chi connectivity index (χ0) is 13.7. The van der Waals surface area contributed by atoms with Crippen LogP contribution in [0.5, 0.6) is 11.5 Å². The number of alkyl halides is 1. The Morgan fingerprint density at radius 1 is 1.47 bits per heavy atom. The predicted octanol–water partition coefficient (Wildman–Crippen LogP) is 1.60. The first-order chi connectivity index (χ1) is 9.22. The Morgan fingerprint density at radius 3 is 3.05 bits per heavy atom. The number of nitrogens with one attached hydrogen (secondary N) is 1. The third kappa shape index (κ3) is 3.61. The fourth-order valence-corrected chi connectivity index (χ4v) is 2.22. The van der Waals surface area contributed by atoms with Gasteiger partial charge in [0.1, 0.15) is 13.2 Å². The molecule has 1 heterocycles. The average Bonchev–Trinajstić information content (AvgIpc) is 2.44. The lowest BCUT2D eigenvalue weighted by atomic mass is 10.1. The van der Waals surface area contributed by atoms with Crippen molar-refractivity contribution in [2.75, 3.05) is 33.5 Å². The summed E-state index contributed by atoms with van der Waals surface area (Å²) in [6, 6.07) is 5.30. The molecule has 1 unspecified atom stereocenters. The van der Waals surface area contributed by atoms with Gasteiger partial charge in [-0.3, -0.25) is 4.79 Å². The molecule has 19 heavy (non-hydrogen) atoms. The molecule has 0 spiro atoms.